The summed E-state index contributed by atoms with van der Waals surface area (Å²) in [5.41, 5.74) is 2.21. The van der Waals surface area contributed by atoms with Gasteiger partial charge in [-0.2, -0.15) is 0 Å². The van der Waals surface area contributed by atoms with Crippen molar-refractivity contribution < 1.29 is 0 Å². The molecule has 2 aromatic rings. The number of piperidine rings is 1. The minimum atomic E-state index is 0.588. The number of benzene rings is 1. The van der Waals surface area contributed by atoms with Crippen LogP contribution in [0.1, 0.15) is 23.8 Å². The van der Waals surface area contributed by atoms with Crippen molar-refractivity contribution in [3.05, 3.63) is 39.7 Å². The lowest BCUT2D eigenvalue weighted by molar-refractivity contribution is 0.460. The molecule has 2 heterocycles. The molecule has 0 spiro atoms. The molecule has 1 N–H and O–H groups in total. The third kappa shape index (κ3) is 2.58. The van der Waals surface area contributed by atoms with Crippen LogP contribution in [0.3, 0.4) is 0 Å². The van der Waals surface area contributed by atoms with Crippen LogP contribution in [0.2, 0.25) is 5.02 Å². The van der Waals surface area contributed by atoms with Gasteiger partial charge in [0.05, 0.1) is 10.7 Å². The standard InChI is InChI=1S/C14H15ClN2S/c15-12-5-3-10(4-6-12)13-9-18-14(17-13)11-2-1-7-16-8-11/h3-6,9,11,16H,1-2,7-8H2. The number of hydrogen-bond acceptors (Lipinski definition) is 3. The molecule has 18 heavy (non-hydrogen) atoms. The number of nitrogens with one attached hydrogen (secondary N) is 1. The van der Waals surface area contributed by atoms with E-state index in [1.54, 1.807) is 11.3 Å². The average Bonchev–Trinajstić information content (AvgIpc) is 2.90. The van der Waals surface area contributed by atoms with Gasteiger partial charge < -0.3 is 5.32 Å². The van der Waals surface area contributed by atoms with Gasteiger partial charge in [-0.25, -0.2) is 4.98 Å². The zero-order valence-electron chi connectivity index (χ0n) is 10.0. The summed E-state index contributed by atoms with van der Waals surface area (Å²) in [6.45, 7) is 2.21. The second-order valence-corrected chi connectivity index (χ2v) is 5.95. The highest BCUT2D eigenvalue weighted by Crippen LogP contribution is 2.30. The van der Waals surface area contributed by atoms with E-state index in [9.17, 15) is 0 Å². The highest BCUT2D eigenvalue weighted by atomic mass is 35.5. The Balaban J connectivity index is 1.82. The van der Waals surface area contributed by atoms with E-state index in [4.69, 9.17) is 16.6 Å². The van der Waals surface area contributed by atoms with Gasteiger partial charge in [-0.3, -0.25) is 0 Å². The van der Waals surface area contributed by atoms with Gasteiger partial charge in [0, 0.05) is 28.4 Å². The van der Waals surface area contributed by atoms with Gasteiger partial charge >= 0.3 is 0 Å². The molecule has 0 radical (unpaired) electrons. The van der Waals surface area contributed by atoms with Crippen molar-refractivity contribution in [3.8, 4) is 11.3 Å². The molecular weight excluding hydrogens is 264 g/mol. The smallest absolute Gasteiger partial charge is 0.0976 e. The Labute approximate surface area is 116 Å². The minimum Gasteiger partial charge on any atom is -0.316 e. The van der Waals surface area contributed by atoms with E-state index in [0.29, 0.717) is 5.92 Å². The lowest BCUT2D eigenvalue weighted by Gasteiger charge is -2.20. The quantitative estimate of drug-likeness (QED) is 0.900. The van der Waals surface area contributed by atoms with Crippen molar-refractivity contribution in [2.24, 2.45) is 0 Å². The molecule has 1 saturated heterocycles. The SMILES string of the molecule is Clc1ccc(-c2csc(C3CCCNC3)n2)cc1. The third-order valence-electron chi connectivity index (χ3n) is 3.31. The first-order valence-corrected chi connectivity index (χ1v) is 7.51. The Bertz CT molecular complexity index is 515. The van der Waals surface area contributed by atoms with Crippen LogP contribution in [0.4, 0.5) is 0 Å². The first-order chi connectivity index (χ1) is 8.83. The van der Waals surface area contributed by atoms with Gasteiger partial charge in [-0.15, -0.1) is 11.3 Å². The van der Waals surface area contributed by atoms with E-state index >= 15 is 0 Å². The summed E-state index contributed by atoms with van der Waals surface area (Å²) in [4.78, 5) is 4.77. The van der Waals surface area contributed by atoms with Crippen molar-refractivity contribution >= 4 is 22.9 Å². The van der Waals surface area contributed by atoms with Crippen LogP contribution in [0.15, 0.2) is 29.6 Å². The summed E-state index contributed by atoms with van der Waals surface area (Å²) in [5.74, 6) is 0.588. The zero-order valence-corrected chi connectivity index (χ0v) is 11.6. The van der Waals surface area contributed by atoms with Gasteiger partial charge in [0.25, 0.3) is 0 Å². The van der Waals surface area contributed by atoms with Crippen molar-refractivity contribution in [1.82, 2.24) is 10.3 Å². The largest absolute Gasteiger partial charge is 0.316 e. The Morgan fingerprint density at radius 1 is 1.28 bits per heavy atom. The molecule has 4 heteroatoms. The summed E-state index contributed by atoms with van der Waals surface area (Å²) >= 11 is 7.67. The molecule has 1 aliphatic heterocycles. The van der Waals surface area contributed by atoms with Crippen molar-refractivity contribution in [3.63, 3.8) is 0 Å². The van der Waals surface area contributed by atoms with Crippen LogP contribution >= 0.6 is 22.9 Å². The van der Waals surface area contributed by atoms with Gasteiger partial charge in [0.1, 0.15) is 0 Å². The molecule has 2 nitrogen and oxygen atoms in total. The summed E-state index contributed by atoms with van der Waals surface area (Å²) in [7, 11) is 0. The van der Waals surface area contributed by atoms with Crippen LogP contribution in [0.5, 0.6) is 0 Å². The molecule has 1 atom stereocenters. The number of hydrogen-bond donors (Lipinski definition) is 1. The van der Waals surface area contributed by atoms with E-state index in [1.807, 2.05) is 24.3 Å². The number of thiazole rings is 1. The lowest BCUT2D eigenvalue weighted by Crippen LogP contribution is -2.28. The van der Waals surface area contributed by atoms with E-state index < -0.39 is 0 Å². The van der Waals surface area contributed by atoms with E-state index in [2.05, 4.69) is 10.7 Å². The van der Waals surface area contributed by atoms with E-state index in [0.717, 1.165) is 29.4 Å². The molecule has 0 bridgehead atoms. The van der Waals surface area contributed by atoms with Crippen molar-refractivity contribution in [1.29, 1.82) is 0 Å². The Morgan fingerprint density at radius 3 is 2.83 bits per heavy atom. The average molecular weight is 279 g/mol. The molecular formula is C14H15ClN2S. The summed E-state index contributed by atoms with van der Waals surface area (Å²) in [5, 5.41) is 7.61. The van der Waals surface area contributed by atoms with Crippen LogP contribution < -0.4 is 5.32 Å². The maximum Gasteiger partial charge on any atom is 0.0976 e. The molecule has 0 saturated carbocycles. The number of rotatable bonds is 2. The zero-order chi connectivity index (χ0) is 12.4. The highest BCUT2D eigenvalue weighted by Gasteiger charge is 2.18. The maximum atomic E-state index is 5.90. The van der Waals surface area contributed by atoms with Crippen LogP contribution in [0, 0.1) is 0 Å². The predicted octanol–water partition coefficient (Wildman–Crippen LogP) is 3.93. The van der Waals surface area contributed by atoms with Crippen LogP contribution in [-0.4, -0.2) is 18.1 Å². The van der Waals surface area contributed by atoms with Gasteiger partial charge in [0.2, 0.25) is 0 Å². The fraction of sp³-hybridized carbons (Fsp3) is 0.357. The van der Waals surface area contributed by atoms with Gasteiger partial charge in [0.15, 0.2) is 0 Å². The Hall–Kier alpha value is -0.900. The number of nitrogens with zero attached hydrogens (tertiary/aromatic N) is 1. The molecule has 1 aliphatic rings. The van der Waals surface area contributed by atoms with E-state index in [-0.39, 0.29) is 0 Å². The molecule has 1 aromatic heterocycles. The van der Waals surface area contributed by atoms with Crippen molar-refractivity contribution in [2.45, 2.75) is 18.8 Å². The maximum absolute atomic E-state index is 5.90. The second-order valence-electron chi connectivity index (χ2n) is 4.62. The third-order valence-corrected chi connectivity index (χ3v) is 4.57. The minimum absolute atomic E-state index is 0.588. The molecule has 0 amide bonds. The molecule has 1 unspecified atom stereocenters. The second kappa shape index (κ2) is 5.39. The molecule has 94 valence electrons. The normalized spacial score (nSPS) is 19.9. The molecule has 3 rings (SSSR count). The fourth-order valence-corrected chi connectivity index (χ4v) is 3.38. The highest BCUT2D eigenvalue weighted by molar-refractivity contribution is 7.10. The fourth-order valence-electron chi connectivity index (χ4n) is 2.29. The summed E-state index contributed by atoms with van der Waals surface area (Å²) in [6, 6.07) is 7.89. The topological polar surface area (TPSA) is 24.9 Å². The first kappa shape index (κ1) is 12.2. The molecule has 1 fully saturated rings. The summed E-state index contributed by atoms with van der Waals surface area (Å²) < 4.78 is 0. The molecule has 0 aliphatic carbocycles. The monoisotopic (exact) mass is 278 g/mol. The number of halogens is 1. The van der Waals surface area contributed by atoms with Gasteiger partial charge in [-0.1, -0.05) is 23.7 Å². The van der Waals surface area contributed by atoms with Crippen molar-refractivity contribution in [2.75, 3.05) is 13.1 Å². The number of aromatic nitrogens is 1. The molecule has 1 aromatic carbocycles. The first-order valence-electron chi connectivity index (χ1n) is 6.25. The van der Waals surface area contributed by atoms with Crippen LogP contribution in [-0.2, 0) is 0 Å². The van der Waals surface area contributed by atoms with Gasteiger partial charge in [-0.05, 0) is 31.5 Å². The summed E-state index contributed by atoms with van der Waals surface area (Å²) in [6.07, 6.45) is 2.50. The van der Waals surface area contributed by atoms with E-state index in [1.165, 1.54) is 17.8 Å². The Kier molecular flexibility index (Phi) is 3.64. The lowest BCUT2D eigenvalue weighted by atomic mass is 10.0. The Morgan fingerprint density at radius 2 is 2.11 bits per heavy atom. The van der Waals surface area contributed by atoms with Crippen LogP contribution in [0.25, 0.3) is 11.3 Å². The predicted molar refractivity (Wildman–Crippen MR) is 77.4 cm³/mol.